The van der Waals surface area contributed by atoms with E-state index in [9.17, 15) is 13.2 Å². The lowest BCUT2D eigenvalue weighted by molar-refractivity contribution is -0.0521. The third-order valence-electron chi connectivity index (χ3n) is 1.36. The van der Waals surface area contributed by atoms with Crippen LogP contribution in [0.1, 0.15) is 5.56 Å². The molecule has 0 fully saturated rings. The molecule has 0 heterocycles. The van der Waals surface area contributed by atoms with Gasteiger partial charge in [0.2, 0.25) is 0 Å². The van der Waals surface area contributed by atoms with E-state index in [0.29, 0.717) is 5.56 Å². The number of ether oxygens (including phenoxy) is 1. The fourth-order valence-corrected chi connectivity index (χ4v) is 1.14. The van der Waals surface area contributed by atoms with Crippen molar-refractivity contribution in [3.05, 3.63) is 28.5 Å². The minimum absolute atomic E-state index is 0.226. The highest BCUT2D eigenvalue weighted by Crippen LogP contribution is 2.27. The third kappa shape index (κ3) is 2.52. The second-order valence-corrected chi connectivity index (χ2v) is 2.84. The number of rotatable bonds is 2. The van der Waals surface area contributed by atoms with Crippen LogP contribution in [0.15, 0.2) is 12.1 Å². The van der Waals surface area contributed by atoms with Gasteiger partial charge in [0.1, 0.15) is 0 Å². The zero-order chi connectivity index (χ0) is 10.0. The standard InChI is InChI=1S/C8H6ClF3O/c1-4-2-5(9)7(10)6(3-4)13-8(11)12/h2-3,8H,1H3. The first-order valence-corrected chi connectivity index (χ1v) is 3.79. The molecular formula is C8H6ClF3O. The highest BCUT2D eigenvalue weighted by Gasteiger charge is 2.13. The van der Waals surface area contributed by atoms with E-state index in [0.717, 1.165) is 6.07 Å². The number of hydrogen-bond donors (Lipinski definition) is 0. The average molecular weight is 211 g/mol. The van der Waals surface area contributed by atoms with Crippen molar-refractivity contribution < 1.29 is 17.9 Å². The average Bonchev–Trinajstić information content (AvgIpc) is 1.98. The molecular weight excluding hydrogens is 205 g/mol. The molecule has 0 atom stereocenters. The van der Waals surface area contributed by atoms with Gasteiger partial charge in [-0.15, -0.1) is 0 Å². The van der Waals surface area contributed by atoms with Gasteiger partial charge in [-0.05, 0) is 24.6 Å². The van der Waals surface area contributed by atoms with E-state index in [-0.39, 0.29) is 5.02 Å². The maximum Gasteiger partial charge on any atom is 0.387 e. The molecule has 0 unspecified atom stereocenters. The van der Waals surface area contributed by atoms with Gasteiger partial charge in [-0.1, -0.05) is 11.6 Å². The first-order chi connectivity index (χ1) is 6.00. The van der Waals surface area contributed by atoms with Crippen LogP contribution < -0.4 is 4.74 Å². The van der Waals surface area contributed by atoms with Gasteiger partial charge in [-0.2, -0.15) is 8.78 Å². The Kier molecular flexibility index (Phi) is 3.03. The number of hydrogen-bond acceptors (Lipinski definition) is 1. The van der Waals surface area contributed by atoms with E-state index in [1.807, 2.05) is 0 Å². The smallest absolute Gasteiger partial charge is 0.387 e. The third-order valence-corrected chi connectivity index (χ3v) is 1.63. The molecule has 5 heteroatoms. The summed E-state index contributed by atoms with van der Waals surface area (Å²) in [5.74, 6) is -1.49. The van der Waals surface area contributed by atoms with Gasteiger partial charge in [0.05, 0.1) is 5.02 Å². The predicted molar refractivity (Wildman–Crippen MR) is 42.8 cm³/mol. The van der Waals surface area contributed by atoms with Crippen molar-refractivity contribution in [3.63, 3.8) is 0 Å². The minimum atomic E-state index is -3.05. The Bertz CT molecular complexity index is 315. The molecule has 0 radical (unpaired) electrons. The maximum absolute atomic E-state index is 13.0. The maximum atomic E-state index is 13.0. The van der Waals surface area contributed by atoms with Crippen LogP contribution in [-0.2, 0) is 0 Å². The van der Waals surface area contributed by atoms with Crippen LogP contribution in [0.3, 0.4) is 0 Å². The molecule has 0 bridgehead atoms. The second kappa shape index (κ2) is 3.87. The molecule has 1 aromatic rings. The van der Waals surface area contributed by atoms with Crippen LogP contribution in [0.5, 0.6) is 5.75 Å². The van der Waals surface area contributed by atoms with E-state index in [2.05, 4.69) is 4.74 Å². The summed E-state index contributed by atoms with van der Waals surface area (Å²) in [6, 6.07) is 2.49. The molecule has 0 saturated heterocycles. The summed E-state index contributed by atoms with van der Waals surface area (Å²) in [6.07, 6.45) is 0. The van der Waals surface area contributed by atoms with Crippen LogP contribution in [0.4, 0.5) is 13.2 Å². The van der Waals surface area contributed by atoms with E-state index in [4.69, 9.17) is 11.6 Å². The normalized spacial score (nSPS) is 10.6. The summed E-state index contributed by atoms with van der Waals surface area (Å²) in [7, 11) is 0. The summed E-state index contributed by atoms with van der Waals surface area (Å²) in [5, 5.41) is -0.226. The summed E-state index contributed by atoms with van der Waals surface area (Å²) < 4.78 is 40.3. The van der Waals surface area contributed by atoms with Crippen LogP contribution >= 0.6 is 11.6 Å². The fourth-order valence-electron chi connectivity index (χ4n) is 0.874. The van der Waals surface area contributed by atoms with Crippen molar-refractivity contribution in [1.29, 1.82) is 0 Å². The molecule has 72 valence electrons. The molecule has 0 N–H and O–H groups in total. The van der Waals surface area contributed by atoms with E-state index in [1.54, 1.807) is 6.92 Å². The molecule has 1 aromatic carbocycles. The van der Waals surface area contributed by atoms with Crippen LogP contribution in [0.2, 0.25) is 5.02 Å². The molecule has 0 aliphatic heterocycles. The molecule has 1 nitrogen and oxygen atoms in total. The van der Waals surface area contributed by atoms with Crippen molar-refractivity contribution >= 4 is 11.6 Å². The Morgan fingerprint density at radius 2 is 2.00 bits per heavy atom. The Balaban J connectivity index is 3.05. The molecule has 0 amide bonds. The van der Waals surface area contributed by atoms with Gasteiger partial charge < -0.3 is 4.74 Å². The van der Waals surface area contributed by atoms with Crippen molar-refractivity contribution in [2.75, 3.05) is 0 Å². The fraction of sp³-hybridized carbons (Fsp3) is 0.250. The Labute approximate surface area is 78.1 Å². The number of halogens is 4. The molecule has 1 rings (SSSR count). The van der Waals surface area contributed by atoms with E-state index >= 15 is 0 Å². The zero-order valence-corrected chi connectivity index (χ0v) is 7.41. The predicted octanol–water partition coefficient (Wildman–Crippen LogP) is 3.39. The largest absolute Gasteiger partial charge is 0.432 e. The summed E-state index contributed by atoms with van der Waals surface area (Å²) in [5.41, 5.74) is 0.557. The Morgan fingerprint density at radius 3 is 2.54 bits per heavy atom. The van der Waals surface area contributed by atoms with Crippen molar-refractivity contribution in [2.24, 2.45) is 0 Å². The highest BCUT2D eigenvalue weighted by atomic mass is 35.5. The molecule has 0 aliphatic rings. The lowest BCUT2D eigenvalue weighted by Crippen LogP contribution is -2.04. The van der Waals surface area contributed by atoms with Crippen LogP contribution in [-0.4, -0.2) is 6.61 Å². The monoisotopic (exact) mass is 210 g/mol. The summed E-state index contributed by atoms with van der Waals surface area (Å²) in [4.78, 5) is 0. The van der Waals surface area contributed by atoms with Gasteiger partial charge in [-0.3, -0.25) is 0 Å². The van der Waals surface area contributed by atoms with Crippen LogP contribution in [0.25, 0.3) is 0 Å². The molecule has 0 aliphatic carbocycles. The van der Waals surface area contributed by atoms with Crippen molar-refractivity contribution in [3.8, 4) is 5.75 Å². The second-order valence-electron chi connectivity index (χ2n) is 2.44. The molecule has 13 heavy (non-hydrogen) atoms. The van der Waals surface area contributed by atoms with Crippen LogP contribution in [0, 0.1) is 12.7 Å². The summed E-state index contributed by atoms with van der Waals surface area (Å²) in [6.45, 7) is -1.45. The Hall–Kier alpha value is -0.900. The number of alkyl halides is 2. The molecule has 0 aromatic heterocycles. The Morgan fingerprint density at radius 1 is 1.38 bits per heavy atom. The lowest BCUT2D eigenvalue weighted by Gasteiger charge is -2.07. The topological polar surface area (TPSA) is 9.23 Å². The first kappa shape index (κ1) is 10.2. The minimum Gasteiger partial charge on any atom is -0.432 e. The van der Waals surface area contributed by atoms with Gasteiger partial charge in [-0.25, -0.2) is 4.39 Å². The molecule has 0 spiro atoms. The summed E-state index contributed by atoms with van der Waals surface area (Å²) >= 11 is 5.40. The van der Waals surface area contributed by atoms with Gasteiger partial charge in [0.25, 0.3) is 0 Å². The van der Waals surface area contributed by atoms with Gasteiger partial charge in [0.15, 0.2) is 11.6 Å². The quantitative estimate of drug-likeness (QED) is 0.727. The number of benzene rings is 1. The SMILES string of the molecule is Cc1cc(Cl)c(F)c(OC(F)F)c1. The van der Waals surface area contributed by atoms with Gasteiger partial charge in [0, 0.05) is 0 Å². The zero-order valence-electron chi connectivity index (χ0n) is 6.65. The van der Waals surface area contributed by atoms with Crippen molar-refractivity contribution in [2.45, 2.75) is 13.5 Å². The lowest BCUT2D eigenvalue weighted by atomic mass is 10.2. The molecule has 0 saturated carbocycles. The van der Waals surface area contributed by atoms with E-state index in [1.165, 1.54) is 6.07 Å². The van der Waals surface area contributed by atoms with Crippen molar-refractivity contribution in [1.82, 2.24) is 0 Å². The number of aryl methyl sites for hydroxylation is 1. The van der Waals surface area contributed by atoms with E-state index < -0.39 is 18.2 Å². The van der Waals surface area contributed by atoms with Gasteiger partial charge >= 0.3 is 6.61 Å². The first-order valence-electron chi connectivity index (χ1n) is 3.41. The highest BCUT2D eigenvalue weighted by molar-refractivity contribution is 6.30.